The van der Waals surface area contributed by atoms with E-state index in [1.54, 1.807) is 31.4 Å². The number of carbonyl (C=O) groups excluding carboxylic acids is 1. The van der Waals surface area contributed by atoms with E-state index in [1.807, 2.05) is 44.2 Å². The average molecular weight is 329 g/mol. The second kappa shape index (κ2) is 8.24. The van der Waals surface area contributed by atoms with E-state index in [1.165, 1.54) is 6.08 Å². The zero-order chi connectivity index (χ0) is 17.5. The van der Waals surface area contributed by atoms with Crippen LogP contribution >= 0.6 is 0 Å². The number of nitrogens with zero attached hydrogens (tertiary/aromatic N) is 1. The zero-order valence-corrected chi connectivity index (χ0v) is 14.5. The van der Waals surface area contributed by atoms with Gasteiger partial charge in [-0.2, -0.15) is 0 Å². The van der Waals surface area contributed by atoms with Crippen LogP contribution < -0.4 is 9.47 Å². The number of ether oxygens (including phenoxy) is 2. The molecule has 0 saturated carbocycles. The van der Waals surface area contributed by atoms with Crippen LogP contribution in [0.25, 0.3) is 6.08 Å². The molecule has 5 nitrogen and oxygen atoms in total. The summed E-state index contributed by atoms with van der Waals surface area (Å²) in [5.41, 5.74) is 0.867. The number of rotatable bonds is 7. The molecule has 24 heavy (non-hydrogen) atoms. The number of likely N-dealkylation sites (N-methyl/N-ethyl adjacent to an activating group) is 1. The van der Waals surface area contributed by atoms with Gasteiger partial charge in [-0.15, -0.1) is 0 Å². The highest BCUT2D eigenvalue weighted by atomic mass is 16.5. The van der Waals surface area contributed by atoms with Crippen LogP contribution in [0, 0.1) is 0 Å². The highest BCUT2D eigenvalue weighted by Gasteiger charge is 2.17. The molecule has 1 aromatic heterocycles. The van der Waals surface area contributed by atoms with Gasteiger partial charge in [0.25, 0.3) is 0 Å². The smallest absolute Gasteiger partial charge is 0.246 e. The molecule has 0 saturated heterocycles. The lowest BCUT2D eigenvalue weighted by Crippen LogP contribution is -2.27. The summed E-state index contributed by atoms with van der Waals surface area (Å²) in [7, 11) is 3.35. The lowest BCUT2D eigenvalue weighted by Gasteiger charge is -2.21. The fraction of sp³-hybridized carbons (Fsp3) is 0.316. The molecule has 1 unspecified atom stereocenters. The van der Waals surface area contributed by atoms with Crippen molar-refractivity contribution in [1.29, 1.82) is 0 Å². The molecule has 1 amide bonds. The highest BCUT2D eigenvalue weighted by molar-refractivity contribution is 5.91. The Kier molecular flexibility index (Phi) is 6.07. The predicted octanol–water partition coefficient (Wildman–Crippen LogP) is 3.92. The van der Waals surface area contributed by atoms with Gasteiger partial charge < -0.3 is 18.8 Å². The molecule has 2 aromatic rings. The van der Waals surface area contributed by atoms with Crippen molar-refractivity contribution in [2.75, 3.05) is 20.8 Å². The standard InChI is InChI=1S/C19H23NO4/c1-5-23-18-13-15(8-10-17(18)22-4)9-11-19(21)20(3)14(2)16-7-6-12-24-16/h6-14H,5H2,1-4H3/b11-9+. The van der Waals surface area contributed by atoms with E-state index in [-0.39, 0.29) is 11.9 Å². The van der Waals surface area contributed by atoms with Crippen LogP contribution in [0.15, 0.2) is 47.1 Å². The van der Waals surface area contributed by atoms with Crippen LogP contribution in [0.3, 0.4) is 0 Å². The van der Waals surface area contributed by atoms with E-state index in [9.17, 15) is 4.79 Å². The van der Waals surface area contributed by atoms with Crippen molar-refractivity contribution >= 4 is 12.0 Å². The van der Waals surface area contributed by atoms with E-state index in [0.717, 1.165) is 11.3 Å². The van der Waals surface area contributed by atoms with Gasteiger partial charge in [0.1, 0.15) is 5.76 Å². The number of benzene rings is 1. The second-order valence-electron chi connectivity index (χ2n) is 5.32. The van der Waals surface area contributed by atoms with Crippen molar-refractivity contribution in [3.63, 3.8) is 0 Å². The Bertz CT molecular complexity index is 691. The van der Waals surface area contributed by atoms with Crippen LogP contribution in [0.4, 0.5) is 0 Å². The molecule has 5 heteroatoms. The molecule has 0 spiro atoms. The van der Waals surface area contributed by atoms with Gasteiger partial charge >= 0.3 is 0 Å². The summed E-state index contributed by atoms with van der Waals surface area (Å²) in [4.78, 5) is 14.0. The fourth-order valence-electron chi connectivity index (χ4n) is 2.26. The SMILES string of the molecule is CCOc1cc(/C=C/C(=O)N(C)C(C)c2ccco2)ccc1OC. The molecule has 128 valence electrons. The summed E-state index contributed by atoms with van der Waals surface area (Å²) < 4.78 is 16.1. The summed E-state index contributed by atoms with van der Waals surface area (Å²) in [6.45, 7) is 4.38. The quantitative estimate of drug-likeness (QED) is 0.723. The van der Waals surface area contributed by atoms with Crippen LogP contribution in [-0.2, 0) is 4.79 Å². The maximum absolute atomic E-state index is 12.3. The zero-order valence-electron chi connectivity index (χ0n) is 14.5. The number of carbonyl (C=O) groups is 1. The number of hydrogen-bond acceptors (Lipinski definition) is 4. The first kappa shape index (κ1) is 17.7. The third-order valence-electron chi connectivity index (χ3n) is 3.79. The van der Waals surface area contributed by atoms with Gasteiger partial charge in [-0.25, -0.2) is 0 Å². The molecule has 1 heterocycles. The lowest BCUT2D eigenvalue weighted by atomic mass is 10.1. The van der Waals surface area contributed by atoms with Gasteiger partial charge in [0, 0.05) is 13.1 Å². The van der Waals surface area contributed by atoms with Crippen molar-refractivity contribution in [2.45, 2.75) is 19.9 Å². The molecule has 1 atom stereocenters. The van der Waals surface area contributed by atoms with Crippen molar-refractivity contribution in [3.05, 3.63) is 54.0 Å². The Balaban J connectivity index is 2.09. The van der Waals surface area contributed by atoms with Crippen molar-refractivity contribution in [3.8, 4) is 11.5 Å². The molecule has 2 rings (SSSR count). The molecule has 0 aliphatic carbocycles. The Morgan fingerprint density at radius 3 is 2.75 bits per heavy atom. The van der Waals surface area contributed by atoms with E-state index < -0.39 is 0 Å². The Hall–Kier alpha value is -2.69. The highest BCUT2D eigenvalue weighted by Crippen LogP contribution is 2.28. The summed E-state index contributed by atoms with van der Waals surface area (Å²) in [5.74, 6) is 1.98. The van der Waals surface area contributed by atoms with Crippen LogP contribution in [0.1, 0.15) is 31.2 Å². The largest absolute Gasteiger partial charge is 0.493 e. The molecule has 0 N–H and O–H groups in total. The van der Waals surface area contributed by atoms with Crippen LogP contribution in [-0.4, -0.2) is 31.6 Å². The summed E-state index contributed by atoms with van der Waals surface area (Å²) in [6.07, 6.45) is 4.90. The van der Waals surface area contributed by atoms with E-state index in [4.69, 9.17) is 13.9 Å². The first-order valence-electron chi connectivity index (χ1n) is 7.86. The van der Waals surface area contributed by atoms with Gasteiger partial charge in [0.05, 0.1) is 26.0 Å². The molecule has 0 radical (unpaired) electrons. The number of furan rings is 1. The number of methoxy groups -OCH3 is 1. The predicted molar refractivity (Wildman–Crippen MR) is 93.1 cm³/mol. The fourth-order valence-corrected chi connectivity index (χ4v) is 2.26. The van der Waals surface area contributed by atoms with E-state index in [0.29, 0.717) is 18.1 Å². The summed E-state index contributed by atoms with van der Waals surface area (Å²) >= 11 is 0. The normalized spacial score (nSPS) is 12.2. The van der Waals surface area contributed by atoms with Gasteiger partial charge in [-0.3, -0.25) is 4.79 Å². The first-order chi connectivity index (χ1) is 11.6. The van der Waals surface area contributed by atoms with Gasteiger partial charge in [-0.1, -0.05) is 6.07 Å². The first-order valence-corrected chi connectivity index (χ1v) is 7.86. The Labute approximate surface area is 142 Å². The topological polar surface area (TPSA) is 51.9 Å². The number of amides is 1. The van der Waals surface area contributed by atoms with Gasteiger partial charge in [0.2, 0.25) is 5.91 Å². The monoisotopic (exact) mass is 329 g/mol. The third-order valence-corrected chi connectivity index (χ3v) is 3.79. The van der Waals surface area contributed by atoms with Gasteiger partial charge in [-0.05, 0) is 49.8 Å². The summed E-state index contributed by atoms with van der Waals surface area (Å²) in [6, 6.07) is 9.09. The molecule has 0 fully saturated rings. The lowest BCUT2D eigenvalue weighted by molar-refractivity contribution is -0.126. The third kappa shape index (κ3) is 4.19. The van der Waals surface area contributed by atoms with Gasteiger partial charge in [0.15, 0.2) is 11.5 Å². The molecular formula is C19H23NO4. The minimum Gasteiger partial charge on any atom is -0.493 e. The van der Waals surface area contributed by atoms with E-state index >= 15 is 0 Å². The van der Waals surface area contributed by atoms with Crippen LogP contribution in [0.5, 0.6) is 11.5 Å². The number of hydrogen-bond donors (Lipinski definition) is 0. The minimum atomic E-state index is -0.132. The van der Waals surface area contributed by atoms with E-state index in [2.05, 4.69) is 0 Å². The Morgan fingerprint density at radius 1 is 1.33 bits per heavy atom. The van der Waals surface area contributed by atoms with Crippen molar-refractivity contribution in [2.24, 2.45) is 0 Å². The maximum atomic E-state index is 12.3. The van der Waals surface area contributed by atoms with Crippen LogP contribution in [0.2, 0.25) is 0 Å². The van der Waals surface area contributed by atoms with Crippen molar-refractivity contribution in [1.82, 2.24) is 4.90 Å². The maximum Gasteiger partial charge on any atom is 0.246 e. The Morgan fingerprint density at radius 2 is 2.12 bits per heavy atom. The molecule has 1 aromatic carbocycles. The second-order valence-corrected chi connectivity index (χ2v) is 5.32. The molecule has 0 aliphatic rings. The molecular weight excluding hydrogens is 306 g/mol. The average Bonchev–Trinajstić information content (AvgIpc) is 3.13. The van der Waals surface area contributed by atoms with Crippen molar-refractivity contribution < 1.29 is 18.7 Å². The summed E-state index contributed by atoms with van der Waals surface area (Å²) in [5, 5.41) is 0. The molecule has 0 aliphatic heterocycles. The minimum absolute atomic E-state index is 0.104. The molecule has 0 bridgehead atoms.